The van der Waals surface area contributed by atoms with E-state index in [2.05, 4.69) is 4.74 Å². The lowest BCUT2D eigenvalue weighted by Gasteiger charge is -2.18. The van der Waals surface area contributed by atoms with Crippen LogP contribution in [0.4, 0.5) is 8.78 Å². The molecule has 0 saturated heterocycles. The molecule has 0 saturated carbocycles. The highest BCUT2D eigenvalue weighted by Gasteiger charge is 2.21. The number of aryl methyl sites for hydroxylation is 2. The van der Waals surface area contributed by atoms with Crippen molar-refractivity contribution >= 4 is 10.0 Å². The largest absolute Gasteiger partial charge is 0.435 e. The van der Waals surface area contributed by atoms with Crippen molar-refractivity contribution in [2.45, 2.75) is 31.9 Å². The van der Waals surface area contributed by atoms with Crippen LogP contribution in [0.1, 0.15) is 16.7 Å². The Bertz CT molecular complexity index is 805. The fourth-order valence-corrected chi connectivity index (χ4v) is 3.42. The molecule has 0 unspecified atom stereocenters. The van der Waals surface area contributed by atoms with Crippen LogP contribution in [0.2, 0.25) is 0 Å². The van der Waals surface area contributed by atoms with Crippen molar-refractivity contribution < 1.29 is 21.9 Å². The van der Waals surface area contributed by atoms with E-state index in [-0.39, 0.29) is 17.2 Å². The molecule has 4 nitrogen and oxygen atoms in total. The zero-order valence-electron chi connectivity index (χ0n) is 13.7. The average molecular weight is 355 g/mol. The third-order valence-corrected chi connectivity index (χ3v) is 5.54. The van der Waals surface area contributed by atoms with Crippen molar-refractivity contribution in [3.63, 3.8) is 0 Å². The molecule has 0 aliphatic carbocycles. The van der Waals surface area contributed by atoms with Crippen LogP contribution in [0.15, 0.2) is 47.4 Å². The number of ether oxygens (including phenoxy) is 1. The average Bonchev–Trinajstić information content (AvgIpc) is 2.51. The molecule has 0 aromatic heterocycles. The third-order valence-electron chi connectivity index (χ3n) is 3.74. The highest BCUT2D eigenvalue weighted by Crippen LogP contribution is 2.21. The summed E-state index contributed by atoms with van der Waals surface area (Å²) in [5.74, 6) is 0.0356. The number of nitrogens with zero attached hydrogens (tertiary/aromatic N) is 1. The third kappa shape index (κ3) is 4.30. The van der Waals surface area contributed by atoms with Gasteiger partial charge in [0.2, 0.25) is 10.0 Å². The van der Waals surface area contributed by atoms with Crippen LogP contribution in [0, 0.1) is 13.8 Å². The van der Waals surface area contributed by atoms with Gasteiger partial charge in [0, 0.05) is 13.6 Å². The fraction of sp³-hybridized carbons (Fsp3) is 0.294. The monoisotopic (exact) mass is 355 g/mol. The second-order valence-corrected chi connectivity index (χ2v) is 7.57. The number of halogens is 2. The highest BCUT2D eigenvalue weighted by molar-refractivity contribution is 7.89. The molecule has 0 bridgehead atoms. The molecule has 0 aliphatic heterocycles. The molecule has 0 spiro atoms. The fourth-order valence-electron chi connectivity index (χ4n) is 2.17. The number of rotatable bonds is 6. The number of sulfonamides is 1. The van der Waals surface area contributed by atoms with E-state index in [1.165, 1.54) is 23.5 Å². The summed E-state index contributed by atoms with van der Waals surface area (Å²) in [6, 6.07) is 10.9. The van der Waals surface area contributed by atoms with Gasteiger partial charge in [0.1, 0.15) is 5.75 Å². The van der Waals surface area contributed by atoms with Gasteiger partial charge in [0.15, 0.2) is 0 Å². The van der Waals surface area contributed by atoms with Gasteiger partial charge in [-0.3, -0.25) is 0 Å². The molecule has 0 fully saturated rings. The van der Waals surface area contributed by atoms with Crippen LogP contribution in [0.3, 0.4) is 0 Å². The summed E-state index contributed by atoms with van der Waals surface area (Å²) in [6.45, 7) is 1.02. The van der Waals surface area contributed by atoms with Crippen molar-refractivity contribution in [1.29, 1.82) is 0 Å². The van der Waals surface area contributed by atoms with Gasteiger partial charge in [-0.15, -0.1) is 0 Å². The predicted molar refractivity (Wildman–Crippen MR) is 87.6 cm³/mol. The zero-order valence-corrected chi connectivity index (χ0v) is 14.5. The second kappa shape index (κ2) is 7.27. The van der Waals surface area contributed by atoms with Crippen LogP contribution in [0.5, 0.6) is 5.75 Å². The maximum atomic E-state index is 12.6. The minimum Gasteiger partial charge on any atom is -0.435 e. The molecule has 130 valence electrons. The van der Waals surface area contributed by atoms with Gasteiger partial charge in [-0.1, -0.05) is 18.2 Å². The Kier molecular flexibility index (Phi) is 5.56. The van der Waals surface area contributed by atoms with Crippen LogP contribution < -0.4 is 4.74 Å². The SMILES string of the molecule is Cc1ccc(S(=O)(=O)N(C)Cc2ccc(OC(F)F)cc2)cc1C. The minimum absolute atomic E-state index is 0.0356. The standard InChI is InChI=1S/C17H19F2NO3S/c1-12-4-9-16(10-13(12)2)24(21,22)20(3)11-14-5-7-15(8-6-14)23-17(18)19/h4-10,17H,11H2,1-3H3. The first-order valence-corrected chi connectivity index (χ1v) is 8.71. The van der Waals surface area contributed by atoms with E-state index in [0.717, 1.165) is 11.1 Å². The lowest BCUT2D eigenvalue weighted by Crippen LogP contribution is -2.26. The lowest BCUT2D eigenvalue weighted by molar-refractivity contribution is -0.0498. The number of hydrogen-bond donors (Lipinski definition) is 0. The number of benzene rings is 2. The van der Waals surface area contributed by atoms with Gasteiger partial charge in [0.05, 0.1) is 4.90 Å². The van der Waals surface area contributed by atoms with Crippen LogP contribution in [-0.4, -0.2) is 26.4 Å². The number of alkyl halides is 2. The van der Waals surface area contributed by atoms with Crippen molar-refractivity contribution in [2.24, 2.45) is 0 Å². The molecule has 0 atom stereocenters. The molecule has 2 aromatic rings. The molecule has 0 N–H and O–H groups in total. The van der Waals surface area contributed by atoms with Gasteiger partial charge in [-0.25, -0.2) is 8.42 Å². The summed E-state index contributed by atoms with van der Waals surface area (Å²) in [5, 5.41) is 0. The molecule has 0 aliphatic rings. The topological polar surface area (TPSA) is 46.6 Å². The predicted octanol–water partition coefficient (Wildman–Crippen LogP) is 3.73. The normalized spacial score (nSPS) is 12.0. The van der Waals surface area contributed by atoms with Gasteiger partial charge in [-0.2, -0.15) is 13.1 Å². The molecule has 24 heavy (non-hydrogen) atoms. The van der Waals surface area contributed by atoms with Crippen molar-refractivity contribution in [1.82, 2.24) is 4.31 Å². The van der Waals surface area contributed by atoms with Crippen LogP contribution >= 0.6 is 0 Å². The van der Waals surface area contributed by atoms with Crippen LogP contribution in [0.25, 0.3) is 0 Å². The molecule has 7 heteroatoms. The number of hydrogen-bond acceptors (Lipinski definition) is 3. The van der Waals surface area contributed by atoms with Gasteiger partial charge in [-0.05, 0) is 54.8 Å². The molecule has 2 rings (SSSR count). The Morgan fingerprint density at radius 2 is 1.67 bits per heavy atom. The first-order chi connectivity index (χ1) is 11.2. The van der Waals surface area contributed by atoms with Gasteiger partial charge in [0.25, 0.3) is 0 Å². The highest BCUT2D eigenvalue weighted by atomic mass is 32.2. The van der Waals surface area contributed by atoms with E-state index in [0.29, 0.717) is 5.56 Å². The summed E-state index contributed by atoms with van der Waals surface area (Å²) in [5.41, 5.74) is 2.59. The van der Waals surface area contributed by atoms with E-state index in [4.69, 9.17) is 0 Å². The van der Waals surface area contributed by atoms with Crippen molar-refractivity contribution in [3.05, 3.63) is 59.2 Å². The molecule has 0 heterocycles. The van der Waals surface area contributed by atoms with E-state index < -0.39 is 16.6 Å². The summed E-state index contributed by atoms with van der Waals surface area (Å²) in [7, 11) is -2.14. The molecular weight excluding hydrogens is 336 g/mol. The van der Waals surface area contributed by atoms with E-state index in [1.54, 1.807) is 30.3 Å². The first-order valence-electron chi connectivity index (χ1n) is 7.27. The van der Waals surface area contributed by atoms with E-state index >= 15 is 0 Å². The molecule has 0 radical (unpaired) electrons. The van der Waals surface area contributed by atoms with Gasteiger partial charge >= 0.3 is 6.61 Å². The smallest absolute Gasteiger partial charge is 0.387 e. The first kappa shape index (κ1) is 18.4. The second-order valence-electron chi connectivity index (χ2n) is 5.53. The maximum Gasteiger partial charge on any atom is 0.387 e. The minimum atomic E-state index is -3.62. The summed E-state index contributed by atoms with van der Waals surface area (Å²) < 4.78 is 55.0. The molecular formula is C17H19F2NO3S. The Balaban J connectivity index is 2.15. The summed E-state index contributed by atoms with van der Waals surface area (Å²) >= 11 is 0. The van der Waals surface area contributed by atoms with E-state index in [1.807, 2.05) is 13.8 Å². The van der Waals surface area contributed by atoms with Crippen molar-refractivity contribution in [3.8, 4) is 5.75 Å². The van der Waals surface area contributed by atoms with Crippen LogP contribution in [-0.2, 0) is 16.6 Å². The van der Waals surface area contributed by atoms with Gasteiger partial charge < -0.3 is 4.74 Å². The maximum absolute atomic E-state index is 12.6. The summed E-state index contributed by atoms with van der Waals surface area (Å²) in [6.07, 6.45) is 0. The Labute approximate surface area is 140 Å². The molecule has 0 amide bonds. The Morgan fingerprint density at radius 1 is 1.04 bits per heavy atom. The van der Waals surface area contributed by atoms with E-state index in [9.17, 15) is 17.2 Å². The Morgan fingerprint density at radius 3 is 2.21 bits per heavy atom. The quantitative estimate of drug-likeness (QED) is 0.793. The summed E-state index contributed by atoms with van der Waals surface area (Å²) in [4.78, 5) is 0.228. The Hall–Kier alpha value is -1.99. The molecule has 2 aromatic carbocycles. The zero-order chi connectivity index (χ0) is 17.9. The lowest BCUT2D eigenvalue weighted by atomic mass is 10.1. The van der Waals surface area contributed by atoms with Crippen molar-refractivity contribution in [2.75, 3.05) is 7.05 Å².